The normalized spacial score (nSPS) is 12.2. The molecule has 94 valence electrons. The second-order valence-electron chi connectivity index (χ2n) is 4.11. The van der Waals surface area contributed by atoms with Gasteiger partial charge in [-0.3, -0.25) is 0 Å². The zero-order valence-corrected chi connectivity index (χ0v) is 10.5. The highest BCUT2D eigenvalue weighted by Gasteiger charge is 2.05. The quantitative estimate of drug-likeness (QED) is 0.882. The van der Waals surface area contributed by atoms with Crippen LogP contribution in [0.15, 0.2) is 48.5 Å². The number of hydrogen-bond acceptors (Lipinski definition) is 2. The van der Waals surface area contributed by atoms with E-state index in [1.165, 1.54) is 11.6 Å². The minimum absolute atomic E-state index is 0.243. The van der Waals surface area contributed by atoms with Crippen molar-refractivity contribution in [2.24, 2.45) is 0 Å². The predicted octanol–water partition coefficient (Wildman–Crippen LogP) is 3.90. The summed E-state index contributed by atoms with van der Waals surface area (Å²) < 4.78 is 18.9. The Bertz CT molecular complexity index is 510. The Morgan fingerprint density at radius 1 is 1.06 bits per heavy atom. The van der Waals surface area contributed by atoms with E-state index in [1.807, 2.05) is 31.3 Å². The predicted molar refractivity (Wildman–Crippen MR) is 70.4 cm³/mol. The summed E-state index contributed by atoms with van der Waals surface area (Å²) in [6.45, 7) is 2.08. The van der Waals surface area contributed by atoms with E-state index in [9.17, 15) is 4.39 Å². The molecule has 0 amide bonds. The lowest BCUT2D eigenvalue weighted by Crippen LogP contribution is -2.11. The van der Waals surface area contributed by atoms with Crippen molar-refractivity contribution in [1.82, 2.24) is 5.32 Å². The monoisotopic (exact) mass is 245 g/mol. The topological polar surface area (TPSA) is 21.3 Å². The lowest BCUT2D eigenvalue weighted by Gasteiger charge is -2.11. The van der Waals surface area contributed by atoms with Gasteiger partial charge in [-0.15, -0.1) is 0 Å². The number of ether oxygens (including phenoxy) is 1. The maximum absolute atomic E-state index is 13.4. The molecule has 0 aromatic heterocycles. The first kappa shape index (κ1) is 12.6. The summed E-state index contributed by atoms with van der Waals surface area (Å²) >= 11 is 0. The van der Waals surface area contributed by atoms with Gasteiger partial charge >= 0.3 is 0 Å². The molecule has 0 fully saturated rings. The molecule has 0 saturated carbocycles. The lowest BCUT2D eigenvalue weighted by molar-refractivity contribution is 0.442. The van der Waals surface area contributed by atoms with E-state index in [1.54, 1.807) is 18.2 Å². The third-order valence-electron chi connectivity index (χ3n) is 2.88. The highest BCUT2D eigenvalue weighted by atomic mass is 19.1. The average Bonchev–Trinajstić information content (AvgIpc) is 2.41. The molecule has 0 aliphatic carbocycles. The Morgan fingerprint density at radius 3 is 2.33 bits per heavy atom. The molecule has 0 radical (unpaired) electrons. The zero-order chi connectivity index (χ0) is 13.0. The number of hydrogen-bond donors (Lipinski definition) is 1. The van der Waals surface area contributed by atoms with Crippen LogP contribution in [0.25, 0.3) is 0 Å². The average molecular weight is 245 g/mol. The molecule has 0 aliphatic rings. The summed E-state index contributed by atoms with van der Waals surface area (Å²) in [5.41, 5.74) is 1.17. The highest BCUT2D eigenvalue weighted by Crippen LogP contribution is 2.25. The van der Waals surface area contributed by atoms with E-state index < -0.39 is 0 Å². The van der Waals surface area contributed by atoms with Crippen LogP contribution in [0, 0.1) is 5.82 Å². The van der Waals surface area contributed by atoms with Crippen LogP contribution in [0.1, 0.15) is 18.5 Å². The molecule has 0 bridgehead atoms. The number of halogens is 1. The van der Waals surface area contributed by atoms with Gasteiger partial charge in [0.2, 0.25) is 0 Å². The van der Waals surface area contributed by atoms with Gasteiger partial charge in [0.1, 0.15) is 5.75 Å². The molecule has 2 aromatic carbocycles. The second-order valence-corrected chi connectivity index (χ2v) is 4.11. The molecule has 2 rings (SSSR count). The molecule has 0 saturated heterocycles. The first-order valence-corrected chi connectivity index (χ1v) is 5.90. The van der Waals surface area contributed by atoms with Crippen LogP contribution in [0.2, 0.25) is 0 Å². The van der Waals surface area contributed by atoms with Crippen molar-refractivity contribution >= 4 is 0 Å². The minimum Gasteiger partial charge on any atom is -0.454 e. The molecule has 2 aromatic rings. The molecule has 1 N–H and O–H groups in total. The Balaban J connectivity index is 2.14. The van der Waals surface area contributed by atoms with Crippen molar-refractivity contribution < 1.29 is 9.13 Å². The molecule has 2 nitrogen and oxygen atoms in total. The second kappa shape index (κ2) is 5.65. The summed E-state index contributed by atoms with van der Waals surface area (Å²) in [5.74, 6) is 0.518. The first-order valence-electron chi connectivity index (χ1n) is 5.90. The van der Waals surface area contributed by atoms with Crippen LogP contribution in [0.5, 0.6) is 11.5 Å². The molecule has 1 atom stereocenters. The third-order valence-corrected chi connectivity index (χ3v) is 2.88. The van der Waals surface area contributed by atoms with E-state index in [2.05, 4.69) is 12.2 Å². The molecular formula is C15H16FNO. The van der Waals surface area contributed by atoms with E-state index in [0.717, 1.165) is 0 Å². The van der Waals surface area contributed by atoms with Crippen molar-refractivity contribution in [3.8, 4) is 11.5 Å². The fourth-order valence-corrected chi connectivity index (χ4v) is 1.65. The summed E-state index contributed by atoms with van der Waals surface area (Å²) in [6.07, 6.45) is 0. The van der Waals surface area contributed by atoms with Gasteiger partial charge < -0.3 is 10.1 Å². The lowest BCUT2D eigenvalue weighted by atomic mass is 10.1. The molecule has 0 spiro atoms. The van der Waals surface area contributed by atoms with Crippen molar-refractivity contribution in [3.63, 3.8) is 0 Å². The number of rotatable bonds is 4. The third kappa shape index (κ3) is 2.87. The minimum atomic E-state index is -0.356. The smallest absolute Gasteiger partial charge is 0.165 e. The van der Waals surface area contributed by atoms with Crippen LogP contribution in [0.3, 0.4) is 0 Å². The van der Waals surface area contributed by atoms with Gasteiger partial charge in [0, 0.05) is 6.04 Å². The molecule has 18 heavy (non-hydrogen) atoms. The molecule has 0 aliphatic heterocycles. The van der Waals surface area contributed by atoms with Crippen molar-refractivity contribution in [1.29, 1.82) is 0 Å². The fraction of sp³-hybridized carbons (Fsp3) is 0.200. The van der Waals surface area contributed by atoms with E-state index in [0.29, 0.717) is 5.75 Å². The van der Waals surface area contributed by atoms with E-state index >= 15 is 0 Å². The molecule has 1 unspecified atom stereocenters. The maximum atomic E-state index is 13.4. The van der Waals surface area contributed by atoms with Crippen LogP contribution in [-0.2, 0) is 0 Å². The van der Waals surface area contributed by atoms with Gasteiger partial charge in [0.25, 0.3) is 0 Å². The molecule has 0 heterocycles. The Hall–Kier alpha value is -1.87. The van der Waals surface area contributed by atoms with Gasteiger partial charge in [-0.05, 0) is 43.8 Å². The van der Waals surface area contributed by atoms with E-state index in [4.69, 9.17) is 4.74 Å². The summed E-state index contributed by atoms with van der Waals surface area (Å²) in [6, 6.07) is 14.3. The molecule has 3 heteroatoms. The highest BCUT2D eigenvalue weighted by molar-refractivity contribution is 5.34. The van der Waals surface area contributed by atoms with Gasteiger partial charge in [-0.25, -0.2) is 4.39 Å². The van der Waals surface area contributed by atoms with Gasteiger partial charge in [0.15, 0.2) is 11.6 Å². The first-order chi connectivity index (χ1) is 8.70. The van der Waals surface area contributed by atoms with Crippen LogP contribution in [-0.4, -0.2) is 7.05 Å². The van der Waals surface area contributed by atoms with Gasteiger partial charge in [-0.1, -0.05) is 24.3 Å². The van der Waals surface area contributed by atoms with E-state index in [-0.39, 0.29) is 17.6 Å². The molecular weight excluding hydrogens is 229 g/mol. The summed E-state index contributed by atoms with van der Waals surface area (Å²) in [5, 5.41) is 3.16. The van der Waals surface area contributed by atoms with Crippen molar-refractivity contribution in [2.45, 2.75) is 13.0 Å². The fourth-order valence-electron chi connectivity index (χ4n) is 1.65. The van der Waals surface area contributed by atoms with Crippen molar-refractivity contribution in [2.75, 3.05) is 7.05 Å². The Labute approximate surface area is 106 Å². The Kier molecular flexibility index (Phi) is 3.95. The van der Waals surface area contributed by atoms with Crippen LogP contribution in [0.4, 0.5) is 4.39 Å². The zero-order valence-electron chi connectivity index (χ0n) is 10.5. The van der Waals surface area contributed by atoms with Gasteiger partial charge in [0.05, 0.1) is 0 Å². The SMILES string of the molecule is CNC(C)c1ccc(Oc2ccccc2F)cc1. The van der Waals surface area contributed by atoms with Gasteiger partial charge in [-0.2, -0.15) is 0 Å². The maximum Gasteiger partial charge on any atom is 0.165 e. The van der Waals surface area contributed by atoms with Crippen LogP contribution < -0.4 is 10.1 Å². The van der Waals surface area contributed by atoms with Crippen molar-refractivity contribution in [3.05, 3.63) is 59.9 Å². The van der Waals surface area contributed by atoms with Crippen LogP contribution >= 0.6 is 0 Å². The Morgan fingerprint density at radius 2 is 1.72 bits per heavy atom. The standard InChI is InChI=1S/C15H16FNO/c1-11(17-2)12-7-9-13(10-8-12)18-15-6-4-3-5-14(15)16/h3-11,17H,1-2H3. The summed E-state index contributed by atoms with van der Waals surface area (Å²) in [7, 11) is 1.91. The number of para-hydroxylation sites is 1. The summed E-state index contributed by atoms with van der Waals surface area (Å²) in [4.78, 5) is 0. The largest absolute Gasteiger partial charge is 0.454 e. The number of benzene rings is 2. The number of nitrogens with one attached hydrogen (secondary N) is 1.